The van der Waals surface area contributed by atoms with E-state index in [9.17, 15) is 9.59 Å². The maximum Gasteiger partial charge on any atom is 0.272 e. The number of aromatic nitrogens is 2. The Balaban J connectivity index is 2.40. The molecular formula is C6H8N4O3S. The minimum absolute atomic E-state index is 0.145. The van der Waals surface area contributed by atoms with Gasteiger partial charge in [0.1, 0.15) is 6.10 Å². The topological polar surface area (TPSA) is 118 Å². The fourth-order valence-corrected chi connectivity index (χ4v) is 1.06. The summed E-state index contributed by atoms with van der Waals surface area (Å²) in [5.41, 5.74) is 4.92. The van der Waals surface area contributed by atoms with Crippen molar-refractivity contribution in [3.05, 3.63) is 11.9 Å². The van der Waals surface area contributed by atoms with E-state index in [4.69, 9.17) is 10.8 Å². The quantitative estimate of drug-likeness (QED) is 0.544. The maximum absolute atomic E-state index is 11.2. The van der Waals surface area contributed by atoms with Gasteiger partial charge in [0.15, 0.2) is 5.69 Å². The first-order valence-corrected chi connectivity index (χ1v) is 4.37. The number of rotatable bonds is 4. The van der Waals surface area contributed by atoms with Crippen molar-refractivity contribution in [2.75, 3.05) is 6.54 Å². The van der Waals surface area contributed by atoms with Gasteiger partial charge in [-0.3, -0.25) is 9.59 Å². The first kappa shape index (κ1) is 10.5. The minimum atomic E-state index is -1.38. The third-order valence-corrected chi connectivity index (χ3v) is 1.86. The summed E-state index contributed by atoms with van der Waals surface area (Å²) in [7, 11) is 0. The number of primary amides is 1. The second-order valence-electron chi connectivity index (χ2n) is 2.42. The van der Waals surface area contributed by atoms with Crippen molar-refractivity contribution in [3.8, 4) is 0 Å². The van der Waals surface area contributed by atoms with E-state index in [1.165, 1.54) is 6.20 Å². The van der Waals surface area contributed by atoms with Crippen LogP contribution in [0.1, 0.15) is 10.5 Å². The summed E-state index contributed by atoms with van der Waals surface area (Å²) in [5.74, 6) is -1.39. The molecule has 7 nitrogen and oxygen atoms in total. The summed E-state index contributed by atoms with van der Waals surface area (Å²) < 4.78 is 7.28. The number of carbonyl (C=O) groups excluding carboxylic acids is 2. The summed E-state index contributed by atoms with van der Waals surface area (Å²) in [6, 6.07) is 0. The lowest BCUT2D eigenvalue weighted by Gasteiger charge is -2.06. The molecule has 0 aliphatic heterocycles. The normalized spacial score (nSPS) is 12.1. The van der Waals surface area contributed by atoms with Crippen LogP contribution in [0.5, 0.6) is 0 Å². The van der Waals surface area contributed by atoms with Crippen molar-refractivity contribution >= 4 is 23.5 Å². The molecule has 1 atom stereocenters. The zero-order valence-electron chi connectivity index (χ0n) is 7.01. The van der Waals surface area contributed by atoms with Crippen molar-refractivity contribution in [1.29, 1.82) is 0 Å². The van der Waals surface area contributed by atoms with Crippen LogP contribution < -0.4 is 11.1 Å². The van der Waals surface area contributed by atoms with Crippen LogP contribution in [0.2, 0.25) is 0 Å². The van der Waals surface area contributed by atoms with Crippen LogP contribution in [-0.4, -0.2) is 38.3 Å². The van der Waals surface area contributed by atoms with E-state index in [1.807, 2.05) is 0 Å². The lowest BCUT2D eigenvalue weighted by molar-refractivity contribution is -0.125. The highest BCUT2D eigenvalue weighted by Crippen LogP contribution is 1.94. The van der Waals surface area contributed by atoms with Crippen molar-refractivity contribution in [2.24, 2.45) is 5.73 Å². The summed E-state index contributed by atoms with van der Waals surface area (Å²) in [6.07, 6.45) is -0.0954. The number of nitrogens with two attached hydrogens (primary N) is 1. The third kappa shape index (κ3) is 2.75. The fourth-order valence-electron chi connectivity index (χ4n) is 0.645. The van der Waals surface area contributed by atoms with E-state index in [-0.39, 0.29) is 12.2 Å². The molecule has 2 amide bonds. The highest BCUT2D eigenvalue weighted by Gasteiger charge is 2.14. The molecule has 1 unspecified atom stereocenters. The predicted molar refractivity (Wildman–Crippen MR) is 47.4 cm³/mol. The van der Waals surface area contributed by atoms with Gasteiger partial charge in [-0.15, -0.1) is 0 Å². The third-order valence-electron chi connectivity index (χ3n) is 1.38. The van der Waals surface area contributed by atoms with Gasteiger partial charge in [-0.25, -0.2) is 0 Å². The zero-order valence-corrected chi connectivity index (χ0v) is 7.82. The Kier molecular flexibility index (Phi) is 3.48. The number of aliphatic hydroxyl groups is 1. The predicted octanol–water partition coefficient (Wildman–Crippen LogP) is -1.89. The molecule has 1 aromatic heterocycles. The lowest BCUT2D eigenvalue weighted by atomic mass is 10.3. The molecule has 1 heterocycles. The molecule has 1 rings (SSSR count). The van der Waals surface area contributed by atoms with Crippen LogP contribution in [0.15, 0.2) is 6.20 Å². The van der Waals surface area contributed by atoms with E-state index in [1.54, 1.807) is 0 Å². The van der Waals surface area contributed by atoms with Gasteiger partial charge < -0.3 is 16.2 Å². The van der Waals surface area contributed by atoms with E-state index < -0.39 is 17.9 Å². The van der Waals surface area contributed by atoms with Gasteiger partial charge in [-0.05, 0) is 0 Å². The van der Waals surface area contributed by atoms with Gasteiger partial charge in [0, 0.05) is 0 Å². The van der Waals surface area contributed by atoms with Gasteiger partial charge in [0.05, 0.1) is 24.5 Å². The summed E-state index contributed by atoms with van der Waals surface area (Å²) in [6.45, 7) is -0.230. The number of aliphatic hydroxyl groups excluding tert-OH is 1. The molecule has 0 saturated heterocycles. The van der Waals surface area contributed by atoms with Crippen molar-refractivity contribution in [1.82, 2.24) is 14.1 Å². The molecule has 0 radical (unpaired) electrons. The van der Waals surface area contributed by atoms with Crippen LogP contribution in [0.4, 0.5) is 0 Å². The SMILES string of the molecule is NC(=O)C(O)CNC(=O)c1cnsn1. The van der Waals surface area contributed by atoms with Crippen LogP contribution in [0, 0.1) is 0 Å². The van der Waals surface area contributed by atoms with Crippen LogP contribution in [0.25, 0.3) is 0 Å². The van der Waals surface area contributed by atoms with Crippen molar-refractivity contribution in [3.63, 3.8) is 0 Å². The average molecular weight is 216 g/mol. The largest absolute Gasteiger partial charge is 0.381 e. The summed E-state index contributed by atoms with van der Waals surface area (Å²) in [5, 5.41) is 11.2. The highest BCUT2D eigenvalue weighted by atomic mass is 32.1. The molecule has 8 heteroatoms. The number of nitrogens with zero attached hydrogens (tertiary/aromatic N) is 2. The molecule has 4 N–H and O–H groups in total. The van der Waals surface area contributed by atoms with Gasteiger partial charge in [-0.1, -0.05) is 0 Å². The average Bonchev–Trinajstić information content (AvgIpc) is 2.66. The van der Waals surface area contributed by atoms with E-state index in [0.717, 1.165) is 11.7 Å². The second-order valence-corrected chi connectivity index (χ2v) is 2.98. The van der Waals surface area contributed by atoms with Gasteiger partial charge in [0.25, 0.3) is 5.91 Å². The Bertz CT molecular complexity index is 326. The Morgan fingerprint density at radius 2 is 2.43 bits per heavy atom. The first-order chi connectivity index (χ1) is 6.61. The Hall–Kier alpha value is -1.54. The highest BCUT2D eigenvalue weighted by molar-refractivity contribution is 6.99. The van der Waals surface area contributed by atoms with Crippen LogP contribution >= 0.6 is 11.7 Å². The number of hydrogen-bond acceptors (Lipinski definition) is 6. The van der Waals surface area contributed by atoms with E-state index in [2.05, 4.69) is 14.1 Å². The van der Waals surface area contributed by atoms with Crippen LogP contribution in [-0.2, 0) is 4.79 Å². The summed E-state index contributed by atoms with van der Waals surface area (Å²) >= 11 is 0.894. The van der Waals surface area contributed by atoms with E-state index >= 15 is 0 Å². The molecular weight excluding hydrogens is 208 g/mol. The van der Waals surface area contributed by atoms with Gasteiger partial charge in [-0.2, -0.15) is 8.75 Å². The first-order valence-electron chi connectivity index (χ1n) is 3.64. The second kappa shape index (κ2) is 4.63. The fraction of sp³-hybridized carbons (Fsp3) is 0.333. The lowest BCUT2D eigenvalue weighted by Crippen LogP contribution is -2.40. The maximum atomic E-state index is 11.2. The number of carbonyl (C=O) groups is 2. The Morgan fingerprint density at radius 1 is 1.71 bits per heavy atom. The van der Waals surface area contributed by atoms with Gasteiger partial charge >= 0.3 is 0 Å². The van der Waals surface area contributed by atoms with Crippen molar-refractivity contribution in [2.45, 2.75) is 6.10 Å². The molecule has 0 aliphatic rings. The minimum Gasteiger partial charge on any atom is -0.381 e. The molecule has 0 spiro atoms. The monoisotopic (exact) mass is 216 g/mol. The molecule has 76 valence electrons. The molecule has 0 aromatic carbocycles. The molecule has 0 fully saturated rings. The Morgan fingerprint density at radius 3 is 2.93 bits per heavy atom. The number of amides is 2. The Labute approximate surface area is 83.3 Å². The van der Waals surface area contributed by atoms with E-state index in [0.29, 0.717) is 0 Å². The number of nitrogens with one attached hydrogen (secondary N) is 1. The molecule has 0 bridgehead atoms. The molecule has 14 heavy (non-hydrogen) atoms. The molecule has 1 aromatic rings. The van der Waals surface area contributed by atoms with Crippen molar-refractivity contribution < 1.29 is 14.7 Å². The number of hydrogen-bond donors (Lipinski definition) is 3. The smallest absolute Gasteiger partial charge is 0.272 e. The summed E-state index contributed by atoms with van der Waals surface area (Å²) in [4.78, 5) is 21.6. The van der Waals surface area contributed by atoms with Crippen LogP contribution in [0.3, 0.4) is 0 Å². The molecule has 0 aliphatic carbocycles. The van der Waals surface area contributed by atoms with Gasteiger partial charge in [0.2, 0.25) is 5.91 Å². The standard InChI is InChI=1S/C6H8N4O3S/c7-5(12)4(11)2-8-6(13)3-1-9-14-10-3/h1,4,11H,2H2,(H2,7,12)(H,8,13). The zero-order chi connectivity index (χ0) is 10.6. The molecule has 0 saturated carbocycles.